The molecule has 0 atom stereocenters. The molecule has 1 N–H and O–H groups in total. The van der Waals surface area contributed by atoms with Gasteiger partial charge in [-0.1, -0.05) is 19.1 Å². The van der Waals surface area contributed by atoms with E-state index in [9.17, 15) is 4.39 Å². The highest BCUT2D eigenvalue weighted by atomic mass is 19.1. The second kappa shape index (κ2) is 5.64. The molecule has 0 aliphatic heterocycles. The quantitative estimate of drug-likeness (QED) is 0.798. The number of benzene rings is 1. The van der Waals surface area contributed by atoms with Gasteiger partial charge in [0.05, 0.1) is 12.8 Å². The fourth-order valence-corrected chi connectivity index (χ4v) is 1.77. The van der Waals surface area contributed by atoms with Crippen LogP contribution in [0.4, 0.5) is 4.39 Å². The van der Waals surface area contributed by atoms with Crippen molar-refractivity contribution in [1.82, 2.24) is 5.32 Å². The van der Waals surface area contributed by atoms with Crippen LogP contribution in [0.25, 0.3) is 11.1 Å². The van der Waals surface area contributed by atoms with E-state index >= 15 is 0 Å². The lowest BCUT2D eigenvalue weighted by Gasteiger charge is -2.04. The van der Waals surface area contributed by atoms with E-state index in [-0.39, 0.29) is 5.82 Å². The standard InChI is InChI=1S/C14H16FNO/c1-2-7-16-10-14-13(6-8-17-14)11-4-3-5-12(15)9-11/h3-6,8-9,16H,2,7,10H2,1H3. The molecule has 2 rings (SSSR count). The van der Waals surface area contributed by atoms with Crippen molar-refractivity contribution in [2.75, 3.05) is 6.54 Å². The number of hydrogen-bond donors (Lipinski definition) is 1. The number of rotatable bonds is 5. The van der Waals surface area contributed by atoms with Crippen LogP contribution in [0.15, 0.2) is 41.0 Å². The maximum absolute atomic E-state index is 13.2. The molecule has 17 heavy (non-hydrogen) atoms. The van der Waals surface area contributed by atoms with Crippen LogP contribution in [0.1, 0.15) is 19.1 Å². The Morgan fingerprint density at radius 1 is 1.29 bits per heavy atom. The van der Waals surface area contributed by atoms with Gasteiger partial charge < -0.3 is 9.73 Å². The van der Waals surface area contributed by atoms with Crippen molar-refractivity contribution in [2.24, 2.45) is 0 Å². The molecular weight excluding hydrogens is 217 g/mol. The number of hydrogen-bond acceptors (Lipinski definition) is 2. The van der Waals surface area contributed by atoms with E-state index < -0.39 is 0 Å². The molecule has 0 bridgehead atoms. The summed E-state index contributed by atoms with van der Waals surface area (Å²) >= 11 is 0. The van der Waals surface area contributed by atoms with E-state index in [1.54, 1.807) is 12.3 Å². The predicted molar refractivity (Wildman–Crippen MR) is 66.1 cm³/mol. The normalized spacial score (nSPS) is 10.7. The lowest BCUT2D eigenvalue weighted by Crippen LogP contribution is -2.13. The highest BCUT2D eigenvalue weighted by molar-refractivity contribution is 5.65. The average molecular weight is 233 g/mol. The lowest BCUT2D eigenvalue weighted by molar-refractivity contribution is 0.484. The zero-order valence-corrected chi connectivity index (χ0v) is 9.87. The fourth-order valence-electron chi connectivity index (χ4n) is 1.77. The van der Waals surface area contributed by atoms with Crippen molar-refractivity contribution in [3.63, 3.8) is 0 Å². The number of nitrogens with one attached hydrogen (secondary N) is 1. The van der Waals surface area contributed by atoms with Gasteiger partial charge in [0, 0.05) is 5.56 Å². The van der Waals surface area contributed by atoms with E-state index in [2.05, 4.69) is 12.2 Å². The van der Waals surface area contributed by atoms with Gasteiger partial charge in [-0.25, -0.2) is 4.39 Å². The number of furan rings is 1. The summed E-state index contributed by atoms with van der Waals surface area (Å²) < 4.78 is 18.6. The van der Waals surface area contributed by atoms with Crippen LogP contribution in [0, 0.1) is 5.82 Å². The van der Waals surface area contributed by atoms with Crippen molar-refractivity contribution in [3.05, 3.63) is 48.2 Å². The molecule has 2 nitrogen and oxygen atoms in total. The van der Waals surface area contributed by atoms with E-state index in [0.29, 0.717) is 6.54 Å². The second-order valence-corrected chi connectivity index (χ2v) is 3.94. The van der Waals surface area contributed by atoms with Crippen LogP contribution in [-0.2, 0) is 6.54 Å². The number of halogens is 1. The summed E-state index contributed by atoms with van der Waals surface area (Å²) in [6.45, 7) is 3.73. The third-order valence-electron chi connectivity index (χ3n) is 2.59. The van der Waals surface area contributed by atoms with Gasteiger partial charge in [0.15, 0.2) is 0 Å². The molecule has 0 amide bonds. The molecule has 2 aromatic rings. The van der Waals surface area contributed by atoms with Crippen molar-refractivity contribution in [1.29, 1.82) is 0 Å². The molecule has 1 aromatic carbocycles. The third-order valence-corrected chi connectivity index (χ3v) is 2.59. The molecule has 3 heteroatoms. The maximum atomic E-state index is 13.2. The van der Waals surface area contributed by atoms with Gasteiger partial charge in [-0.15, -0.1) is 0 Å². The Labute approximate surface area is 100 Å². The highest BCUT2D eigenvalue weighted by Crippen LogP contribution is 2.25. The first-order valence-electron chi connectivity index (χ1n) is 5.84. The predicted octanol–water partition coefficient (Wildman–Crippen LogP) is 3.59. The lowest BCUT2D eigenvalue weighted by atomic mass is 10.1. The van der Waals surface area contributed by atoms with Gasteiger partial charge in [0.2, 0.25) is 0 Å². The topological polar surface area (TPSA) is 25.2 Å². The Hall–Kier alpha value is -1.61. The van der Waals surface area contributed by atoms with Crippen molar-refractivity contribution in [2.45, 2.75) is 19.9 Å². The van der Waals surface area contributed by atoms with Gasteiger partial charge >= 0.3 is 0 Å². The minimum Gasteiger partial charge on any atom is -0.467 e. The van der Waals surface area contributed by atoms with Crippen LogP contribution >= 0.6 is 0 Å². The molecule has 0 fully saturated rings. The third kappa shape index (κ3) is 2.94. The van der Waals surface area contributed by atoms with Crippen molar-refractivity contribution >= 4 is 0 Å². The van der Waals surface area contributed by atoms with Gasteiger partial charge in [-0.2, -0.15) is 0 Å². The molecule has 0 unspecified atom stereocenters. The Bertz CT molecular complexity index is 479. The summed E-state index contributed by atoms with van der Waals surface area (Å²) in [5, 5.41) is 3.27. The minimum absolute atomic E-state index is 0.226. The van der Waals surface area contributed by atoms with Gasteiger partial charge in [-0.3, -0.25) is 0 Å². The van der Waals surface area contributed by atoms with E-state index in [4.69, 9.17) is 4.42 Å². The summed E-state index contributed by atoms with van der Waals surface area (Å²) in [6, 6.07) is 8.43. The Morgan fingerprint density at radius 2 is 2.18 bits per heavy atom. The summed E-state index contributed by atoms with van der Waals surface area (Å²) in [6.07, 6.45) is 2.72. The summed E-state index contributed by atoms with van der Waals surface area (Å²) in [5.74, 6) is 0.625. The second-order valence-electron chi connectivity index (χ2n) is 3.94. The van der Waals surface area contributed by atoms with Crippen LogP contribution < -0.4 is 5.32 Å². The van der Waals surface area contributed by atoms with Crippen LogP contribution in [0.5, 0.6) is 0 Å². The first kappa shape index (κ1) is 11.9. The first-order valence-corrected chi connectivity index (χ1v) is 5.84. The Morgan fingerprint density at radius 3 is 2.94 bits per heavy atom. The van der Waals surface area contributed by atoms with E-state index in [1.165, 1.54) is 12.1 Å². The zero-order valence-electron chi connectivity index (χ0n) is 9.87. The molecule has 0 radical (unpaired) electrons. The first-order chi connectivity index (χ1) is 8.31. The van der Waals surface area contributed by atoms with Crippen LogP contribution in [-0.4, -0.2) is 6.54 Å². The minimum atomic E-state index is -0.226. The summed E-state index contributed by atoms with van der Waals surface area (Å²) in [5.41, 5.74) is 1.81. The van der Waals surface area contributed by atoms with E-state index in [1.807, 2.05) is 12.1 Å². The van der Waals surface area contributed by atoms with Crippen molar-refractivity contribution < 1.29 is 8.81 Å². The molecular formula is C14H16FNO. The highest BCUT2D eigenvalue weighted by Gasteiger charge is 2.08. The van der Waals surface area contributed by atoms with Gasteiger partial charge in [0.1, 0.15) is 11.6 Å². The Balaban J connectivity index is 2.18. The van der Waals surface area contributed by atoms with Crippen molar-refractivity contribution in [3.8, 4) is 11.1 Å². The smallest absolute Gasteiger partial charge is 0.125 e. The van der Waals surface area contributed by atoms with Gasteiger partial charge in [-0.05, 0) is 36.7 Å². The molecule has 1 heterocycles. The molecule has 0 aliphatic carbocycles. The molecule has 90 valence electrons. The van der Waals surface area contributed by atoms with Gasteiger partial charge in [0.25, 0.3) is 0 Å². The molecule has 0 spiro atoms. The van der Waals surface area contributed by atoms with E-state index in [0.717, 1.165) is 29.9 Å². The largest absolute Gasteiger partial charge is 0.467 e. The van der Waals surface area contributed by atoms with Crippen LogP contribution in [0.2, 0.25) is 0 Å². The van der Waals surface area contributed by atoms with Crippen LogP contribution in [0.3, 0.4) is 0 Å². The SMILES string of the molecule is CCCNCc1occc1-c1cccc(F)c1. The zero-order chi connectivity index (χ0) is 12.1. The molecule has 0 saturated heterocycles. The maximum Gasteiger partial charge on any atom is 0.125 e. The molecule has 0 aliphatic rings. The molecule has 0 saturated carbocycles. The molecule has 1 aromatic heterocycles. The summed E-state index contributed by atoms with van der Waals surface area (Å²) in [7, 11) is 0. The average Bonchev–Trinajstić information content (AvgIpc) is 2.78. The Kier molecular flexibility index (Phi) is 3.94. The summed E-state index contributed by atoms with van der Waals surface area (Å²) in [4.78, 5) is 0. The monoisotopic (exact) mass is 233 g/mol. The fraction of sp³-hybridized carbons (Fsp3) is 0.286.